The van der Waals surface area contributed by atoms with E-state index in [0.717, 1.165) is 38.2 Å². The standard InChI is InChI=1S/C26H22F4O2/c1-15-7-12-21(25(30)22(15)27)26(31)32-18-10-8-17(9-11-18)20-14-13-19(23(28)24(20)29)16-5-3-2-4-6-16/h7-14,16H,2-6H2,1H3. The Morgan fingerprint density at radius 3 is 2.16 bits per heavy atom. The molecular weight excluding hydrogens is 420 g/mol. The molecule has 0 aliphatic heterocycles. The fourth-order valence-electron chi connectivity index (χ4n) is 4.18. The number of benzene rings is 3. The summed E-state index contributed by atoms with van der Waals surface area (Å²) < 4.78 is 62.4. The highest BCUT2D eigenvalue weighted by molar-refractivity contribution is 5.91. The minimum Gasteiger partial charge on any atom is -0.423 e. The van der Waals surface area contributed by atoms with Crippen LogP contribution in [0, 0.1) is 30.2 Å². The summed E-state index contributed by atoms with van der Waals surface area (Å²) in [6.45, 7) is 1.38. The molecule has 0 bridgehead atoms. The zero-order valence-electron chi connectivity index (χ0n) is 17.6. The number of carbonyl (C=O) groups excluding carboxylic acids is 1. The van der Waals surface area contributed by atoms with E-state index in [9.17, 15) is 22.4 Å². The van der Waals surface area contributed by atoms with Crippen LogP contribution in [0.25, 0.3) is 11.1 Å². The van der Waals surface area contributed by atoms with Crippen molar-refractivity contribution < 1.29 is 27.1 Å². The molecule has 0 unspecified atom stereocenters. The number of aryl methyl sites for hydroxylation is 1. The molecule has 4 rings (SSSR count). The minimum atomic E-state index is -1.28. The summed E-state index contributed by atoms with van der Waals surface area (Å²) in [6, 6.07) is 11.4. The van der Waals surface area contributed by atoms with Crippen LogP contribution in [-0.4, -0.2) is 5.97 Å². The highest BCUT2D eigenvalue weighted by Gasteiger charge is 2.23. The molecule has 0 saturated heterocycles. The van der Waals surface area contributed by atoms with E-state index >= 15 is 0 Å². The summed E-state index contributed by atoms with van der Waals surface area (Å²) >= 11 is 0. The van der Waals surface area contributed by atoms with Gasteiger partial charge in [0.2, 0.25) is 0 Å². The van der Waals surface area contributed by atoms with Gasteiger partial charge >= 0.3 is 5.97 Å². The van der Waals surface area contributed by atoms with Gasteiger partial charge in [0.1, 0.15) is 5.75 Å². The summed E-state index contributed by atoms with van der Waals surface area (Å²) in [6.07, 6.45) is 4.89. The van der Waals surface area contributed by atoms with Crippen LogP contribution in [0.15, 0.2) is 48.5 Å². The van der Waals surface area contributed by atoms with Crippen molar-refractivity contribution in [1.82, 2.24) is 0 Å². The number of ether oxygens (including phenoxy) is 1. The van der Waals surface area contributed by atoms with E-state index in [2.05, 4.69) is 0 Å². The van der Waals surface area contributed by atoms with Gasteiger partial charge < -0.3 is 4.74 Å². The normalized spacial score (nSPS) is 14.4. The average molecular weight is 442 g/mol. The number of hydrogen-bond donors (Lipinski definition) is 0. The molecule has 3 aromatic rings. The molecule has 0 spiro atoms. The van der Waals surface area contributed by atoms with Crippen LogP contribution in [0.3, 0.4) is 0 Å². The molecule has 0 heterocycles. The van der Waals surface area contributed by atoms with Crippen LogP contribution in [0.1, 0.15) is 59.5 Å². The predicted octanol–water partition coefficient (Wildman–Crippen LogP) is 7.49. The molecule has 0 radical (unpaired) electrons. The molecule has 1 aliphatic rings. The van der Waals surface area contributed by atoms with E-state index in [1.54, 1.807) is 12.1 Å². The van der Waals surface area contributed by atoms with Crippen molar-refractivity contribution in [2.24, 2.45) is 0 Å². The van der Waals surface area contributed by atoms with Gasteiger partial charge in [-0.1, -0.05) is 49.6 Å². The Balaban J connectivity index is 1.53. The Morgan fingerprint density at radius 1 is 0.781 bits per heavy atom. The SMILES string of the molecule is Cc1ccc(C(=O)Oc2ccc(-c3ccc(C4CCCCC4)c(F)c3F)cc2)c(F)c1F. The molecule has 0 N–H and O–H groups in total. The van der Waals surface area contributed by atoms with E-state index in [0.29, 0.717) is 11.1 Å². The smallest absolute Gasteiger partial charge is 0.346 e. The van der Waals surface area contributed by atoms with Gasteiger partial charge in [-0.25, -0.2) is 22.4 Å². The first-order valence-corrected chi connectivity index (χ1v) is 10.6. The molecule has 1 aliphatic carbocycles. The highest BCUT2D eigenvalue weighted by Crippen LogP contribution is 2.37. The second-order valence-corrected chi connectivity index (χ2v) is 8.14. The molecule has 2 nitrogen and oxygen atoms in total. The first-order valence-electron chi connectivity index (χ1n) is 10.6. The van der Waals surface area contributed by atoms with Crippen molar-refractivity contribution in [3.63, 3.8) is 0 Å². The monoisotopic (exact) mass is 442 g/mol. The summed E-state index contributed by atoms with van der Waals surface area (Å²) in [4.78, 5) is 12.2. The van der Waals surface area contributed by atoms with E-state index < -0.39 is 34.8 Å². The summed E-state index contributed by atoms with van der Waals surface area (Å²) in [7, 11) is 0. The molecule has 6 heteroatoms. The number of halogens is 4. The number of hydrogen-bond acceptors (Lipinski definition) is 2. The fourth-order valence-corrected chi connectivity index (χ4v) is 4.18. The van der Waals surface area contributed by atoms with Gasteiger partial charge in [0.25, 0.3) is 0 Å². The molecule has 1 fully saturated rings. The fraction of sp³-hybridized carbons (Fsp3) is 0.269. The highest BCUT2D eigenvalue weighted by atomic mass is 19.2. The second kappa shape index (κ2) is 9.15. The van der Waals surface area contributed by atoms with Crippen molar-refractivity contribution >= 4 is 5.97 Å². The topological polar surface area (TPSA) is 26.3 Å². The van der Waals surface area contributed by atoms with E-state index in [1.165, 1.54) is 37.3 Å². The first-order chi connectivity index (χ1) is 15.4. The Hall–Kier alpha value is -3.15. The lowest BCUT2D eigenvalue weighted by Gasteiger charge is -2.23. The molecule has 32 heavy (non-hydrogen) atoms. The Bertz CT molecular complexity index is 1150. The van der Waals surface area contributed by atoms with Crippen LogP contribution in [0.4, 0.5) is 17.6 Å². The minimum absolute atomic E-state index is 0.0427. The molecule has 1 saturated carbocycles. The van der Waals surface area contributed by atoms with Crippen molar-refractivity contribution in [1.29, 1.82) is 0 Å². The maximum atomic E-state index is 14.8. The van der Waals surface area contributed by atoms with Crippen molar-refractivity contribution in [3.8, 4) is 16.9 Å². The largest absolute Gasteiger partial charge is 0.423 e. The average Bonchev–Trinajstić information content (AvgIpc) is 2.80. The van der Waals surface area contributed by atoms with E-state index in [4.69, 9.17) is 4.74 Å². The number of carbonyl (C=O) groups is 1. The lowest BCUT2D eigenvalue weighted by Crippen LogP contribution is -2.12. The van der Waals surface area contributed by atoms with Gasteiger partial charge in [0, 0.05) is 5.56 Å². The Kier molecular flexibility index (Phi) is 6.31. The van der Waals surface area contributed by atoms with Gasteiger partial charge in [-0.05, 0) is 60.6 Å². The maximum Gasteiger partial charge on any atom is 0.346 e. The van der Waals surface area contributed by atoms with Crippen LogP contribution < -0.4 is 4.74 Å². The van der Waals surface area contributed by atoms with E-state index in [1.807, 2.05) is 0 Å². The molecule has 166 valence electrons. The van der Waals surface area contributed by atoms with Crippen molar-refractivity contribution in [2.45, 2.75) is 44.9 Å². The predicted molar refractivity (Wildman–Crippen MR) is 114 cm³/mol. The second-order valence-electron chi connectivity index (χ2n) is 8.14. The number of esters is 1. The lowest BCUT2D eigenvalue weighted by molar-refractivity contribution is 0.0728. The molecule has 0 amide bonds. The summed E-state index contributed by atoms with van der Waals surface area (Å²) in [5, 5.41) is 0. The van der Waals surface area contributed by atoms with Crippen molar-refractivity contribution in [2.75, 3.05) is 0 Å². The third-order valence-corrected chi connectivity index (χ3v) is 6.03. The third kappa shape index (κ3) is 4.27. The summed E-state index contributed by atoms with van der Waals surface area (Å²) in [5.41, 5.74) is 0.482. The first kappa shape index (κ1) is 22.1. The van der Waals surface area contributed by atoms with Crippen LogP contribution in [0.2, 0.25) is 0 Å². The van der Waals surface area contributed by atoms with Gasteiger partial charge in [-0.15, -0.1) is 0 Å². The van der Waals surface area contributed by atoms with Gasteiger partial charge in [-0.2, -0.15) is 0 Å². The maximum absolute atomic E-state index is 14.8. The van der Waals surface area contributed by atoms with Crippen LogP contribution in [0.5, 0.6) is 5.75 Å². The zero-order valence-corrected chi connectivity index (χ0v) is 17.6. The van der Waals surface area contributed by atoms with Crippen LogP contribution in [-0.2, 0) is 0 Å². The van der Waals surface area contributed by atoms with Gasteiger partial charge in [0.05, 0.1) is 5.56 Å². The molecule has 3 aromatic carbocycles. The number of rotatable bonds is 4. The lowest BCUT2D eigenvalue weighted by atomic mass is 9.83. The Morgan fingerprint density at radius 2 is 1.47 bits per heavy atom. The van der Waals surface area contributed by atoms with Crippen LogP contribution >= 0.6 is 0 Å². The zero-order chi connectivity index (χ0) is 22.8. The van der Waals surface area contributed by atoms with Crippen molar-refractivity contribution in [3.05, 3.63) is 88.5 Å². The van der Waals surface area contributed by atoms with Gasteiger partial charge in [-0.3, -0.25) is 0 Å². The Labute approximate surface area is 183 Å². The molecule has 0 atom stereocenters. The quantitative estimate of drug-likeness (QED) is 0.238. The molecular formula is C26H22F4O2. The summed E-state index contributed by atoms with van der Waals surface area (Å²) in [5.74, 6) is -5.05. The molecule has 0 aromatic heterocycles. The van der Waals surface area contributed by atoms with Gasteiger partial charge in [0.15, 0.2) is 23.3 Å². The van der Waals surface area contributed by atoms with E-state index in [-0.39, 0.29) is 22.8 Å². The third-order valence-electron chi connectivity index (χ3n) is 6.03.